The molecule has 0 saturated carbocycles. The highest BCUT2D eigenvalue weighted by atomic mass is 16.6. The van der Waals surface area contributed by atoms with Crippen molar-refractivity contribution in [1.82, 2.24) is 20.0 Å². The summed E-state index contributed by atoms with van der Waals surface area (Å²) in [6, 6.07) is 7.46. The van der Waals surface area contributed by atoms with Gasteiger partial charge in [0.15, 0.2) is 0 Å². The Morgan fingerprint density at radius 3 is 1.71 bits per heavy atom. The average Bonchev–Trinajstić information content (AvgIpc) is 2.59. The SMILES string of the molecule is CCOC(=O)N1Cc2nc3ccccc3nc2CN1C(=O)OCC. The van der Waals surface area contributed by atoms with E-state index in [4.69, 9.17) is 9.47 Å². The van der Waals surface area contributed by atoms with Gasteiger partial charge in [-0.3, -0.25) is 0 Å². The third-order valence-electron chi connectivity index (χ3n) is 3.57. The zero-order valence-electron chi connectivity index (χ0n) is 13.6. The number of rotatable bonds is 2. The van der Waals surface area contributed by atoms with Crippen molar-refractivity contribution in [1.29, 1.82) is 0 Å². The summed E-state index contributed by atoms with van der Waals surface area (Å²) in [5, 5.41) is 2.40. The van der Waals surface area contributed by atoms with Crippen LogP contribution in [0, 0.1) is 0 Å². The third-order valence-corrected chi connectivity index (χ3v) is 3.57. The Bertz CT molecular complexity index is 715. The molecule has 8 heteroatoms. The van der Waals surface area contributed by atoms with E-state index >= 15 is 0 Å². The van der Waals surface area contributed by atoms with Crippen molar-refractivity contribution in [3.8, 4) is 0 Å². The zero-order chi connectivity index (χ0) is 17.1. The second-order valence-corrected chi connectivity index (χ2v) is 5.12. The van der Waals surface area contributed by atoms with Crippen LogP contribution < -0.4 is 0 Å². The number of hydrazine groups is 1. The molecular weight excluding hydrogens is 312 g/mol. The predicted octanol–water partition coefficient (Wildman–Crippen LogP) is 2.48. The van der Waals surface area contributed by atoms with Crippen molar-refractivity contribution in [3.63, 3.8) is 0 Å². The van der Waals surface area contributed by atoms with Gasteiger partial charge in [-0.25, -0.2) is 29.6 Å². The third kappa shape index (κ3) is 2.94. The van der Waals surface area contributed by atoms with Gasteiger partial charge in [-0.2, -0.15) is 0 Å². The average molecular weight is 330 g/mol. The summed E-state index contributed by atoms with van der Waals surface area (Å²) in [4.78, 5) is 33.5. The van der Waals surface area contributed by atoms with Crippen molar-refractivity contribution in [2.45, 2.75) is 26.9 Å². The number of aromatic nitrogens is 2. The van der Waals surface area contributed by atoms with Gasteiger partial charge in [0.25, 0.3) is 0 Å². The lowest BCUT2D eigenvalue weighted by molar-refractivity contribution is -0.0388. The Balaban J connectivity index is 1.99. The molecule has 1 aliphatic rings. The minimum atomic E-state index is -0.619. The van der Waals surface area contributed by atoms with Crippen LogP contribution in [-0.4, -0.2) is 45.4 Å². The van der Waals surface area contributed by atoms with Crippen LogP contribution in [0.1, 0.15) is 25.2 Å². The Morgan fingerprint density at radius 1 is 0.917 bits per heavy atom. The van der Waals surface area contributed by atoms with Gasteiger partial charge >= 0.3 is 12.2 Å². The minimum absolute atomic E-state index is 0.102. The Morgan fingerprint density at radius 2 is 1.33 bits per heavy atom. The number of benzene rings is 1. The van der Waals surface area contributed by atoms with Crippen LogP contribution in [-0.2, 0) is 22.6 Å². The molecule has 24 heavy (non-hydrogen) atoms. The van der Waals surface area contributed by atoms with Gasteiger partial charge in [-0.15, -0.1) is 0 Å². The Kier molecular flexibility index (Phi) is 4.45. The van der Waals surface area contributed by atoms with Crippen molar-refractivity contribution < 1.29 is 19.1 Å². The molecule has 2 heterocycles. The number of amides is 2. The van der Waals surface area contributed by atoms with E-state index in [0.717, 1.165) is 11.0 Å². The van der Waals surface area contributed by atoms with E-state index in [9.17, 15) is 9.59 Å². The molecule has 0 radical (unpaired) electrons. The van der Waals surface area contributed by atoms with E-state index < -0.39 is 12.2 Å². The molecule has 0 spiro atoms. The van der Waals surface area contributed by atoms with Crippen molar-refractivity contribution in [2.75, 3.05) is 13.2 Å². The quantitative estimate of drug-likeness (QED) is 0.841. The maximum Gasteiger partial charge on any atom is 0.429 e. The molecule has 0 bridgehead atoms. The molecule has 0 N–H and O–H groups in total. The van der Waals surface area contributed by atoms with Crippen molar-refractivity contribution in [3.05, 3.63) is 35.7 Å². The van der Waals surface area contributed by atoms with Crippen molar-refractivity contribution in [2.24, 2.45) is 0 Å². The summed E-state index contributed by atoms with van der Waals surface area (Å²) in [5.41, 5.74) is 2.76. The molecule has 1 aromatic heterocycles. The largest absolute Gasteiger partial charge is 0.448 e. The number of hydrogen-bond donors (Lipinski definition) is 0. The first-order valence-corrected chi connectivity index (χ1v) is 7.77. The zero-order valence-corrected chi connectivity index (χ0v) is 13.6. The van der Waals surface area contributed by atoms with Gasteiger partial charge in [0.2, 0.25) is 0 Å². The van der Waals surface area contributed by atoms with Gasteiger partial charge < -0.3 is 9.47 Å². The minimum Gasteiger partial charge on any atom is -0.448 e. The first-order valence-electron chi connectivity index (χ1n) is 7.77. The predicted molar refractivity (Wildman–Crippen MR) is 84.7 cm³/mol. The maximum atomic E-state index is 12.2. The van der Waals surface area contributed by atoms with E-state index in [2.05, 4.69) is 9.97 Å². The Hall–Kier alpha value is -2.90. The molecule has 2 aromatic rings. The van der Waals surface area contributed by atoms with Gasteiger partial charge in [-0.05, 0) is 26.0 Å². The number of hydrogen-bond acceptors (Lipinski definition) is 6. The fraction of sp³-hybridized carbons (Fsp3) is 0.375. The molecule has 0 fully saturated rings. The fourth-order valence-electron chi connectivity index (χ4n) is 2.50. The van der Waals surface area contributed by atoms with Gasteiger partial charge in [0.05, 0.1) is 48.7 Å². The van der Waals surface area contributed by atoms with E-state index in [-0.39, 0.29) is 26.3 Å². The number of ether oxygens (including phenoxy) is 2. The highest BCUT2D eigenvalue weighted by Gasteiger charge is 2.35. The summed E-state index contributed by atoms with van der Waals surface area (Å²) >= 11 is 0. The number of carbonyl (C=O) groups is 2. The topological polar surface area (TPSA) is 84.9 Å². The van der Waals surface area contributed by atoms with E-state index in [1.807, 2.05) is 24.3 Å². The first kappa shape index (κ1) is 16.0. The van der Waals surface area contributed by atoms with E-state index in [1.54, 1.807) is 13.8 Å². The highest BCUT2D eigenvalue weighted by molar-refractivity contribution is 5.76. The monoisotopic (exact) mass is 330 g/mol. The van der Waals surface area contributed by atoms with Crippen LogP contribution >= 0.6 is 0 Å². The summed E-state index contributed by atoms with van der Waals surface area (Å²) in [5.74, 6) is 0. The molecular formula is C16H18N4O4. The second kappa shape index (κ2) is 6.69. The molecule has 0 saturated heterocycles. The van der Waals surface area contributed by atoms with Crippen LogP contribution in [0.4, 0.5) is 9.59 Å². The molecule has 0 atom stereocenters. The van der Waals surface area contributed by atoms with E-state index in [0.29, 0.717) is 11.4 Å². The normalized spacial score (nSPS) is 13.6. The first-order chi connectivity index (χ1) is 11.6. The van der Waals surface area contributed by atoms with Gasteiger partial charge in [0, 0.05) is 0 Å². The molecule has 2 amide bonds. The standard InChI is InChI=1S/C16H18N4O4/c1-3-23-15(21)19-9-13-14(10-20(19)16(22)24-4-2)18-12-8-6-5-7-11(12)17-13/h5-8H,3-4,9-10H2,1-2H3. The number of para-hydroxylation sites is 2. The van der Waals surface area contributed by atoms with E-state index in [1.165, 1.54) is 10.0 Å². The van der Waals surface area contributed by atoms with Crippen LogP contribution in [0.25, 0.3) is 11.0 Å². The molecule has 8 nitrogen and oxygen atoms in total. The lowest BCUT2D eigenvalue weighted by atomic mass is 10.2. The van der Waals surface area contributed by atoms with Crippen LogP contribution in [0.2, 0.25) is 0 Å². The Labute approximate surface area is 139 Å². The molecule has 3 rings (SSSR count). The molecule has 0 aliphatic carbocycles. The summed E-state index contributed by atoms with van der Waals surface area (Å²) in [6.07, 6.45) is -1.24. The number of nitrogens with zero attached hydrogens (tertiary/aromatic N) is 4. The van der Waals surface area contributed by atoms with Gasteiger partial charge in [-0.1, -0.05) is 12.1 Å². The van der Waals surface area contributed by atoms with Crippen LogP contribution in [0.3, 0.4) is 0 Å². The number of fused-ring (bicyclic) bond motifs is 2. The molecule has 126 valence electrons. The molecule has 1 aliphatic heterocycles. The second-order valence-electron chi connectivity index (χ2n) is 5.12. The highest BCUT2D eigenvalue weighted by Crippen LogP contribution is 2.23. The maximum absolute atomic E-state index is 12.2. The summed E-state index contributed by atoms with van der Waals surface area (Å²) in [7, 11) is 0. The fourth-order valence-corrected chi connectivity index (χ4v) is 2.50. The smallest absolute Gasteiger partial charge is 0.429 e. The van der Waals surface area contributed by atoms with Crippen molar-refractivity contribution >= 4 is 23.2 Å². The van der Waals surface area contributed by atoms with Crippen LogP contribution in [0.15, 0.2) is 24.3 Å². The number of carbonyl (C=O) groups excluding carboxylic acids is 2. The summed E-state index contributed by atoms with van der Waals surface area (Å²) < 4.78 is 10.1. The summed E-state index contributed by atoms with van der Waals surface area (Å²) in [6.45, 7) is 4.04. The molecule has 0 unspecified atom stereocenters. The molecule has 1 aromatic carbocycles. The van der Waals surface area contributed by atoms with Gasteiger partial charge in [0.1, 0.15) is 0 Å². The lowest BCUT2D eigenvalue weighted by Crippen LogP contribution is -2.52. The van der Waals surface area contributed by atoms with Crippen LogP contribution in [0.5, 0.6) is 0 Å². The lowest BCUT2D eigenvalue weighted by Gasteiger charge is -2.36.